The Hall–Kier alpha value is -2.59. The van der Waals surface area contributed by atoms with Crippen molar-refractivity contribution in [2.45, 2.75) is 6.92 Å². The van der Waals surface area contributed by atoms with Gasteiger partial charge in [0.1, 0.15) is 12.4 Å². The van der Waals surface area contributed by atoms with Crippen molar-refractivity contribution in [3.63, 3.8) is 0 Å². The molecular weight excluding hydrogens is 302 g/mol. The van der Waals surface area contributed by atoms with Gasteiger partial charge in [-0.3, -0.25) is 0 Å². The zero-order chi connectivity index (χ0) is 17.5. The first kappa shape index (κ1) is 17.8. The molecule has 2 aromatic carbocycles. The van der Waals surface area contributed by atoms with E-state index in [0.29, 0.717) is 6.61 Å². The molecule has 0 spiro atoms. The molecule has 0 aromatic heterocycles. The van der Waals surface area contributed by atoms with Gasteiger partial charge in [-0.1, -0.05) is 30.3 Å². The largest absolute Gasteiger partial charge is 0.492 e. The van der Waals surface area contributed by atoms with Crippen LogP contribution < -0.4 is 4.74 Å². The number of carboxylic acids is 1. The molecule has 0 aliphatic carbocycles. The van der Waals surface area contributed by atoms with Crippen molar-refractivity contribution in [1.82, 2.24) is 4.90 Å². The summed E-state index contributed by atoms with van der Waals surface area (Å²) in [5.74, 6) is -0.0872. The van der Waals surface area contributed by atoms with Crippen LogP contribution >= 0.6 is 0 Å². The number of nitrogens with zero attached hydrogens (tertiary/aromatic N) is 1. The number of benzene rings is 2. The minimum atomic E-state index is -0.933. The quantitative estimate of drug-likeness (QED) is 0.787. The summed E-state index contributed by atoms with van der Waals surface area (Å²) in [5.41, 5.74) is 3.75. The van der Waals surface area contributed by atoms with Crippen LogP contribution in [0, 0.1) is 0 Å². The van der Waals surface area contributed by atoms with Crippen molar-refractivity contribution in [2.75, 3.05) is 27.2 Å². The lowest BCUT2D eigenvalue weighted by molar-refractivity contribution is -0.131. The van der Waals surface area contributed by atoms with Gasteiger partial charge < -0.3 is 14.7 Å². The maximum Gasteiger partial charge on any atom is 0.328 e. The highest BCUT2D eigenvalue weighted by Gasteiger charge is 2.03. The molecule has 4 heteroatoms. The Morgan fingerprint density at radius 2 is 1.83 bits per heavy atom. The van der Waals surface area contributed by atoms with Crippen molar-refractivity contribution >= 4 is 11.5 Å². The Morgan fingerprint density at radius 1 is 1.12 bits per heavy atom. The summed E-state index contributed by atoms with van der Waals surface area (Å²) in [5, 5.41) is 8.87. The van der Waals surface area contributed by atoms with Crippen molar-refractivity contribution in [1.29, 1.82) is 0 Å². The van der Waals surface area contributed by atoms with Crippen LogP contribution in [0.3, 0.4) is 0 Å². The third-order valence-electron chi connectivity index (χ3n) is 3.65. The summed E-state index contributed by atoms with van der Waals surface area (Å²) >= 11 is 0. The Kier molecular flexibility index (Phi) is 6.15. The minimum absolute atomic E-state index is 0.654. The number of hydrogen-bond donors (Lipinski definition) is 1. The molecule has 0 bridgehead atoms. The van der Waals surface area contributed by atoms with Crippen LogP contribution in [0.25, 0.3) is 16.7 Å². The number of ether oxygens (including phenoxy) is 1. The number of carboxylic acid groups (broad SMARTS) is 1. The summed E-state index contributed by atoms with van der Waals surface area (Å²) in [6, 6.07) is 15.8. The molecule has 0 aliphatic rings. The Morgan fingerprint density at radius 3 is 2.46 bits per heavy atom. The molecule has 2 rings (SSSR count). The molecule has 0 unspecified atom stereocenters. The van der Waals surface area contributed by atoms with Crippen LogP contribution in [0.2, 0.25) is 0 Å². The molecule has 2 aromatic rings. The van der Waals surface area contributed by atoms with Gasteiger partial charge in [-0.15, -0.1) is 0 Å². The molecular formula is C20H23NO3. The molecule has 0 radical (unpaired) electrons. The fraction of sp³-hybridized carbons (Fsp3) is 0.250. The lowest BCUT2D eigenvalue weighted by Crippen LogP contribution is -2.19. The fourth-order valence-electron chi connectivity index (χ4n) is 2.30. The van der Waals surface area contributed by atoms with Gasteiger partial charge in [0.25, 0.3) is 0 Å². The van der Waals surface area contributed by atoms with E-state index in [1.807, 2.05) is 62.6 Å². The van der Waals surface area contributed by atoms with Crippen LogP contribution in [-0.2, 0) is 4.79 Å². The lowest BCUT2D eigenvalue weighted by Gasteiger charge is -2.11. The van der Waals surface area contributed by atoms with E-state index in [2.05, 4.69) is 4.90 Å². The predicted octanol–water partition coefficient (Wildman–Crippen LogP) is 3.78. The van der Waals surface area contributed by atoms with Crippen LogP contribution in [0.1, 0.15) is 12.5 Å². The molecule has 0 saturated carbocycles. The first-order valence-corrected chi connectivity index (χ1v) is 7.85. The first-order valence-electron chi connectivity index (χ1n) is 7.85. The van der Waals surface area contributed by atoms with Gasteiger partial charge >= 0.3 is 5.97 Å². The van der Waals surface area contributed by atoms with Gasteiger partial charge in [0.2, 0.25) is 0 Å². The van der Waals surface area contributed by atoms with E-state index in [1.54, 1.807) is 6.92 Å². The van der Waals surface area contributed by atoms with Gasteiger partial charge in [0.05, 0.1) is 0 Å². The maximum absolute atomic E-state index is 10.8. The van der Waals surface area contributed by atoms with Gasteiger partial charge in [-0.05, 0) is 61.5 Å². The normalized spacial score (nSPS) is 11.6. The number of hydrogen-bond acceptors (Lipinski definition) is 3. The molecule has 0 amide bonds. The van der Waals surface area contributed by atoms with E-state index in [0.717, 1.165) is 34.6 Å². The monoisotopic (exact) mass is 325 g/mol. The second kappa shape index (κ2) is 8.31. The number of rotatable bonds is 7. The second-order valence-corrected chi connectivity index (χ2v) is 5.92. The maximum atomic E-state index is 10.8. The predicted molar refractivity (Wildman–Crippen MR) is 97.2 cm³/mol. The molecule has 0 saturated heterocycles. The van der Waals surface area contributed by atoms with Gasteiger partial charge in [-0.2, -0.15) is 0 Å². The molecule has 24 heavy (non-hydrogen) atoms. The second-order valence-electron chi connectivity index (χ2n) is 5.92. The smallest absolute Gasteiger partial charge is 0.328 e. The van der Waals surface area contributed by atoms with E-state index >= 15 is 0 Å². The average molecular weight is 325 g/mol. The third kappa shape index (κ3) is 5.25. The Bertz CT molecular complexity index is 718. The van der Waals surface area contributed by atoms with Crippen LogP contribution in [0.4, 0.5) is 0 Å². The molecule has 126 valence electrons. The van der Waals surface area contributed by atoms with Crippen molar-refractivity contribution in [3.05, 3.63) is 60.2 Å². The van der Waals surface area contributed by atoms with Crippen molar-refractivity contribution in [2.24, 2.45) is 0 Å². The van der Waals surface area contributed by atoms with Gasteiger partial charge in [-0.25, -0.2) is 4.79 Å². The highest BCUT2D eigenvalue weighted by atomic mass is 16.5. The minimum Gasteiger partial charge on any atom is -0.492 e. The third-order valence-corrected chi connectivity index (χ3v) is 3.65. The number of likely N-dealkylation sites (N-methyl/N-ethyl adjacent to an activating group) is 1. The molecule has 1 N–H and O–H groups in total. The Labute approximate surface area is 143 Å². The molecule has 4 nitrogen and oxygen atoms in total. The Balaban J connectivity index is 2.13. The van der Waals surface area contributed by atoms with E-state index in [4.69, 9.17) is 9.84 Å². The van der Waals surface area contributed by atoms with Gasteiger partial charge in [0, 0.05) is 12.6 Å². The molecule has 0 atom stereocenters. The standard InChI is InChI=1S/C20H23NO3/c1-15(13-20(22)23)17-5-4-6-18(14-17)16-7-9-19(10-8-16)24-12-11-21(2)3/h4-10,13-14H,11-12H2,1-3H3,(H,22,23)/b15-13+. The molecule has 0 fully saturated rings. The summed E-state index contributed by atoms with van der Waals surface area (Å²) in [4.78, 5) is 12.9. The van der Waals surface area contributed by atoms with E-state index < -0.39 is 5.97 Å². The van der Waals surface area contributed by atoms with Crippen LogP contribution in [0.15, 0.2) is 54.6 Å². The molecule has 0 heterocycles. The zero-order valence-corrected chi connectivity index (χ0v) is 14.3. The highest BCUT2D eigenvalue weighted by molar-refractivity contribution is 5.90. The molecule has 0 aliphatic heterocycles. The van der Waals surface area contributed by atoms with Crippen molar-refractivity contribution < 1.29 is 14.6 Å². The summed E-state index contributed by atoms with van der Waals surface area (Å²) in [7, 11) is 4.03. The first-order chi connectivity index (χ1) is 11.5. The number of aliphatic carboxylic acids is 1. The van der Waals surface area contributed by atoms with E-state index in [9.17, 15) is 4.79 Å². The summed E-state index contributed by atoms with van der Waals surface area (Å²) < 4.78 is 5.70. The van der Waals surface area contributed by atoms with Gasteiger partial charge in [0.15, 0.2) is 0 Å². The topological polar surface area (TPSA) is 49.8 Å². The fourth-order valence-corrected chi connectivity index (χ4v) is 2.30. The number of allylic oxidation sites excluding steroid dienone is 1. The van der Waals surface area contributed by atoms with Crippen molar-refractivity contribution in [3.8, 4) is 16.9 Å². The summed E-state index contributed by atoms with van der Waals surface area (Å²) in [6.45, 7) is 3.33. The zero-order valence-electron chi connectivity index (χ0n) is 14.3. The van der Waals surface area contributed by atoms with E-state index in [-0.39, 0.29) is 0 Å². The SMILES string of the molecule is C/C(=C\C(=O)O)c1cccc(-c2ccc(OCCN(C)C)cc2)c1. The average Bonchev–Trinajstić information content (AvgIpc) is 2.55. The summed E-state index contributed by atoms with van der Waals surface area (Å²) in [6.07, 6.45) is 1.22. The van der Waals surface area contributed by atoms with Crippen LogP contribution in [-0.4, -0.2) is 43.2 Å². The van der Waals surface area contributed by atoms with E-state index in [1.165, 1.54) is 6.08 Å². The lowest BCUT2D eigenvalue weighted by atomic mass is 9.99. The highest BCUT2D eigenvalue weighted by Crippen LogP contribution is 2.25. The van der Waals surface area contributed by atoms with Crippen LogP contribution in [0.5, 0.6) is 5.75 Å². The number of carbonyl (C=O) groups is 1.